The van der Waals surface area contributed by atoms with Crippen LogP contribution in [0, 0.1) is 5.92 Å². The minimum Gasteiger partial charge on any atom is -0.361 e. The second kappa shape index (κ2) is 1.70. The molecular formula is C7H13NO. The van der Waals surface area contributed by atoms with Gasteiger partial charge in [-0.3, -0.25) is 4.90 Å². The summed E-state index contributed by atoms with van der Waals surface area (Å²) in [5.41, 5.74) is 0. The molecule has 2 aliphatic rings. The Morgan fingerprint density at radius 2 is 2.33 bits per heavy atom. The number of nitrogens with zero attached hydrogens (tertiary/aromatic N) is 1. The van der Waals surface area contributed by atoms with Crippen LogP contribution in [0.4, 0.5) is 0 Å². The number of ether oxygens (including phenoxy) is 1. The van der Waals surface area contributed by atoms with E-state index in [0.29, 0.717) is 12.1 Å². The van der Waals surface area contributed by atoms with Gasteiger partial charge in [-0.1, -0.05) is 13.8 Å². The molecule has 3 unspecified atom stereocenters. The van der Waals surface area contributed by atoms with Gasteiger partial charge in [0.1, 0.15) is 6.23 Å². The third-order valence-corrected chi connectivity index (χ3v) is 2.11. The predicted octanol–water partition coefficient (Wildman–Crippen LogP) is 0.683. The first kappa shape index (κ1) is 5.69. The smallest absolute Gasteiger partial charge is 0.113 e. The van der Waals surface area contributed by atoms with Gasteiger partial charge >= 0.3 is 0 Å². The van der Waals surface area contributed by atoms with E-state index in [4.69, 9.17) is 4.74 Å². The fraction of sp³-hybridized carbons (Fsp3) is 1.00. The summed E-state index contributed by atoms with van der Waals surface area (Å²) in [6.45, 7) is 6.68. The highest BCUT2D eigenvalue weighted by molar-refractivity contribution is 4.96. The first-order valence-electron chi connectivity index (χ1n) is 3.66. The van der Waals surface area contributed by atoms with Gasteiger partial charge < -0.3 is 4.74 Å². The van der Waals surface area contributed by atoms with Crippen LogP contribution in [-0.2, 0) is 4.74 Å². The van der Waals surface area contributed by atoms with Crippen molar-refractivity contribution in [3.63, 3.8) is 0 Å². The van der Waals surface area contributed by atoms with E-state index < -0.39 is 0 Å². The molecule has 52 valence electrons. The largest absolute Gasteiger partial charge is 0.361 e. The lowest BCUT2D eigenvalue weighted by molar-refractivity contribution is 0.0130. The average molecular weight is 127 g/mol. The number of hydrogen-bond acceptors (Lipinski definition) is 2. The van der Waals surface area contributed by atoms with Crippen molar-refractivity contribution in [1.29, 1.82) is 0 Å². The Bertz CT molecular complexity index is 124. The van der Waals surface area contributed by atoms with Gasteiger partial charge in [0.25, 0.3) is 0 Å². The molecule has 0 aromatic heterocycles. The van der Waals surface area contributed by atoms with Crippen molar-refractivity contribution >= 4 is 0 Å². The van der Waals surface area contributed by atoms with Crippen molar-refractivity contribution in [2.45, 2.75) is 26.1 Å². The van der Waals surface area contributed by atoms with Crippen LogP contribution in [0.5, 0.6) is 0 Å². The molecule has 0 aliphatic carbocycles. The first-order valence-corrected chi connectivity index (χ1v) is 3.66. The van der Waals surface area contributed by atoms with Crippen molar-refractivity contribution in [1.82, 2.24) is 4.90 Å². The van der Waals surface area contributed by atoms with Gasteiger partial charge in [0.05, 0.1) is 6.61 Å². The van der Waals surface area contributed by atoms with Gasteiger partial charge in [-0.15, -0.1) is 0 Å². The molecule has 0 N–H and O–H groups in total. The zero-order chi connectivity index (χ0) is 6.43. The van der Waals surface area contributed by atoms with Crippen LogP contribution in [-0.4, -0.2) is 30.3 Å². The summed E-state index contributed by atoms with van der Waals surface area (Å²) in [7, 11) is 0. The Kier molecular flexibility index (Phi) is 1.08. The maximum Gasteiger partial charge on any atom is 0.113 e. The van der Waals surface area contributed by atoms with Crippen molar-refractivity contribution < 1.29 is 4.74 Å². The maximum atomic E-state index is 5.50. The Balaban J connectivity index is 1.98. The maximum absolute atomic E-state index is 5.50. The lowest BCUT2D eigenvalue weighted by atomic mass is 10.2. The van der Waals surface area contributed by atoms with E-state index in [1.165, 1.54) is 6.54 Å². The number of fused-ring (bicyclic) bond motifs is 1. The van der Waals surface area contributed by atoms with Gasteiger partial charge in [0.15, 0.2) is 0 Å². The van der Waals surface area contributed by atoms with Crippen molar-refractivity contribution in [3.8, 4) is 0 Å². The molecule has 9 heavy (non-hydrogen) atoms. The molecule has 0 radical (unpaired) electrons. The molecular weight excluding hydrogens is 114 g/mol. The molecule has 0 spiro atoms. The van der Waals surface area contributed by atoms with E-state index >= 15 is 0 Å². The predicted molar refractivity (Wildman–Crippen MR) is 35.1 cm³/mol. The summed E-state index contributed by atoms with van der Waals surface area (Å²) >= 11 is 0. The second-order valence-corrected chi connectivity index (χ2v) is 3.32. The fourth-order valence-corrected chi connectivity index (χ4v) is 1.54. The zero-order valence-corrected chi connectivity index (χ0v) is 6.00. The van der Waals surface area contributed by atoms with E-state index in [2.05, 4.69) is 18.7 Å². The number of hydrogen-bond donors (Lipinski definition) is 0. The highest BCUT2D eigenvalue weighted by atomic mass is 16.5. The van der Waals surface area contributed by atoms with Crippen LogP contribution in [0.2, 0.25) is 0 Å². The minimum absolute atomic E-state index is 0.440. The monoisotopic (exact) mass is 127 g/mol. The highest BCUT2D eigenvalue weighted by Gasteiger charge is 2.47. The van der Waals surface area contributed by atoms with Gasteiger partial charge in [-0.2, -0.15) is 0 Å². The van der Waals surface area contributed by atoms with Gasteiger partial charge in [0.2, 0.25) is 0 Å². The quantitative estimate of drug-likeness (QED) is 0.480. The van der Waals surface area contributed by atoms with Crippen LogP contribution in [0.15, 0.2) is 0 Å². The summed E-state index contributed by atoms with van der Waals surface area (Å²) in [4.78, 5) is 2.42. The van der Waals surface area contributed by atoms with Crippen molar-refractivity contribution in [2.24, 2.45) is 5.92 Å². The molecule has 0 amide bonds. The van der Waals surface area contributed by atoms with E-state index in [9.17, 15) is 0 Å². The van der Waals surface area contributed by atoms with Crippen molar-refractivity contribution in [3.05, 3.63) is 0 Å². The number of rotatable bonds is 1. The molecule has 2 fully saturated rings. The minimum atomic E-state index is 0.440. The Morgan fingerprint density at radius 3 is 2.56 bits per heavy atom. The third kappa shape index (κ3) is 0.775. The van der Waals surface area contributed by atoms with E-state index in [-0.39, 0.29) is 0 Å². The second-order valence-electron chi connectivity index (χ2n) is 3.32. The Morgan fingerprint density at radius 1 is 1.56 bits per heavy atom. The van der Waals surface area contributed by atoms with Crippen LogP contribution >= 0.6 is 0 Å². The van der Waals surface area contributed by atoms with Crippen molar-refractivity contribution in [2.75, 3.05) is 13.2 Å². The Labute approximate surface area is 55.8 Å². The SMILES string of the molecule is CC(C)C1OCC2CN21. The van der Waals surface area contributed by atoms with Gasteiger partial charge in [0, 0.05) is 12.6 Å². The lowest BCUT2D eigenvalue weighted by Crippen LogP contribution is -2.23. The molecule has 3 atom stereocenters. The van der Waals surface area contributed by atoms with Crippen LogP contribution < -0.4 is 0 Å². The van der Waals surface area contributed by atoms with E-state index in [1.807, 2.05) is 0 Å². The zero-order valence-electron chi connectivity index (χ0n) is 6.00. The summed E-state index contributed by atoms with van der Waals surface area (Å²) in [6, 6.07) is 0.789. The summed E-state index contributed by atoms with van der Waals surface area (Å²) in [6.07, 6.45) is 0.440. The molecule has 2 heteroatoms. The van der Waals surface area contributed by atoms with Crippen LogP contribution in [0.1, 0.15) is 13.8 Å². The molecule has 0 saturated carbocycles. The summed E-state index contributed by atoms with van der Waals surface area (Å²) in [5.74, 6) is 0.664. The normalized spacial score (nSPS) is 47.7. The average Bonchev–Trinajstić information content (AvgIpc) is 2.43. The lowest BCUT2D eigenvalue weighted by Gasteiger charge is -2.16. The van der Waals surface area contributed by atoms with Crippen LogP contribution in [0.25, 0.3) is 0 Å². The van der Waals surface area contributed by atoms with E-state index in [1.54, 1.807) is 0 Å². The molecule has 0 aromatic rings. The summed E-state index contributed by atoms with van der Waals surface area (Å²) < 4.78 is 5.50. The molecule has 2 rings (SSSR count). The molecule has 2 nitrogen and oxygen atoms in total. The molecule has 2 heterocycles. The van der Waals surface area contributed by atoms with E-state index in [0.717, 1.165) is 12.6 Å². The highest BCUT2D eigenvalue weighted by Crippen LogP contribution is 2.32. The fourth-order valence-electron chi connectivity index (χ4n) is 1.54. The topological polar surface area (TPSA) is 12.2 Å². The van der Waals surface area contributed by atoms with Gasteiger partial charge in [-0.25, -0.2) is 0 Å². The van der Waals surface area contributed by atoms with Crippen LogP contribution in [0.3, 0.4) is 0 Å². The van der Waals surface area contributed by atoms with Gasteiger partial charge in [-0.05, 0) is 5.92 Å². The third-order valence-electron chi connectivity index (χ3n) is 2.11. The first-order chi connectivity index (χ1) is 4.29. The Hall–Kier alpha value is -0.0800. The summed E-state index contributed by atoms with van der Waals surface area (Å²) in [5, 5.41) is 0. The molecule has 0 bridgehead atoms. The molecule has 0 aromatic carbocycles. The standard InChI is InChI=1S/C7H13NO/c1-5(2)7-8-3-6(8)4-9-7/h5-7H,3-4H2,1-2H3. The molecule has 2 aliphatic heterocycles. The molecule has 2 saturated heterocycles.